The fraction of sp³-hybridized carbons (Fsp3) is 0.190. The highest BCUT2D eigenvalue weighted by molar-refractivity contribution is 6.30. The fourth-order valence-electron chi connectivity index (χ4n) is 2.48. The lowest BCUT2D eigenvalue weighted by Gasteiger charge is -2.09. The van der Waals surface area contributed by atoms with Gasteiger partial charge in [-0.1, -0.05) is 23.7 Å². The number of aromatic nitrogens is 2. The molecule has 7 heteroatoms. The number of ether oxygens (including phenoxy) is 2. The first kappa shape index (κ1) is 19.6. The van der Waals surface area contributed by atoms with Crippen molar-refractivity contribution in [1.29, 1.82) is 0 Å². The van der Waals surface area contributed by atoms with Gasteiger partial charge in [-0.2, -0.15) is 4.98 Å². The van der Waals surface area contributed by atoms with Gasteiger partial charge in [0.25, 0.3) is 5.91 Å². The normalized spacial score (nSPS) is 10.4. The molecule has 1 N–H and O–H groups in total. The molecule has 1 heterocycles. The maximum absolute atomic E-state index is 12.1. The third kappa shape index (κ3) is 5.44. The summed E-state index contributed by atoms with van der Waals surface area (Å²) in [5.74, 6) is 1.40. The average molecular weight is 398 g/mol. The van der Waals surface area contributed by atoms with Gasteiger partial charge in [-0.25, -0.2) is 4.98 Å². The molecule has 3 aromatic rings. The van der Waals surface area contributed by atoms with Crippen LogP contribution in [0.5, 0.6) is 11.6 Å². The zero-order valence-corrected chi connectivity index (χ0v) is 16.4. The predicted octanol–water partition coefficient (Wildman–Crippen LogP) is 3.81. The van der Waals surface area contributed by atoms with Gasteiger partial charge in [-0.05, 0) is 48.9 Å². The zero-order chi connectivity index (χ0) is 19.9. The molecule has 0 aliphatic carbocycles. The summed E-state index contributed by atoms with van der Waals surface area (Å²) in [4.78, 5) is 20.8. The number of benzene rings is 2. The molecular weight excluding hydrogens is 378 g/mol. The molecule has 0 aliphatic heterocycles. The highest BCUT2D eigenvalue weighted by Gasteiger charge is 2.08. The molecule has 0 spiro atoms. The third-order valence-electron chi connectivity index (χ3n) is 3.93. The van der Waals surface area contributed by atoms with Gasteiger partial charge in [0.05, 0.1) is 7.11 Å². The number of amides is 1. The molecule has 2 aromatic carbocycles. The topological polar surface area (TPSA) is 73.3 Å². The van der Waals surface area contributed by atoms with E-state index in [-0.39, 0.29) is 12.5 Å². The molecule has 0 atom stereocenters. The number of nitrogens with one attached hydrogen (secondary N) is 1. The van der Waals surface area contributed by atoms with Crippen LogP contribution in [0.3, 0.4) is 0 Å². The first-order valence-corrected chi connectivity index (χ1v) is 9.05. The summed E-state index contributed by atoms with van der Waals surface area (Å²) in [6, 6.07) is 16.4. The molecule has 28 heavy (non-hydrogen) atoms. The maximum atomic E-state index is 12.1. The smallest absolute Gasteiger partial charge is 0.258 e. The summed E-state index contributed by atoms with van der Waals surface area (Å²) in [5, 5.41) is 3.45. The van der Waals surface area contributed by atoms with Crippen LogP contribution in [0.4, 0.5) is 0 Å². The molecule has 3 rings (SSSR count). The van der Waals surface area contributed by atoms with Gasteiger partial charge in [0, 0.05) is 28.9 Å². The van der Waals surface area contributed by atoms with Crippen molar-refractivity contribution in [3.8, 4) is 23.0 Å². The average Bonchev–Trinajstić information content (AvgIpc) is 2.71. The third-order valence-corrected chi connectivity index (χ3v) is 4.18. The molecule has 0 bridgehead atoms. The van der Waals surface area contributed by atoms with Crippen molar-refractivity contribution >= 4 is 17.5 Å². The SMILES string of the molecule is COc1ccc(CNC(=O)COc2cc(C)nc(-c3ccc(Cl)cc3)n2)cc1. The lowest BCUT2D eigenvalue weighted by molar-refractivity contribution is -0.123. The van der Waals surface area contributed by atoms with Crippen LogP contribution in [0, 0.1) is 6.92 Å². The predicted molar refractivity (Wildman–Crippen MR) is 108 cm³/mol. The van der Waals surface area contributed by atoms with Crippen LogP contribution < -0.4 is 14.8 Å². The van der Waals surface area contributed by atoms with Gasteiger partial charge < -0.3 is 14.8 Å². The molecule has 0 aliphatic rings. The van der Waals surface area contributed by atoms with Crippen LogP contribution in [0.2, 0.25) is 5.02 Å². The minimum absolute atomic E-state index is 0.132. The van der Waals surface area contributed by atoms with Crippen molar-refractivity contribution in [3.05, 3.63) is 70.9 Å². The van der Waals surface area contributed by atoms with Gasteiger partial charge in [0.2, 0.25) is 5.88 Å². The Balaban J connectivity index is 1.57. The summed E-state index contributed by atoms with van der Waals surface area (Å²) in [5.41, 5.74) is 2.53. The van der Waals surface area contributed by atoms with Crippen LogP contribution in [0.1, 0.15) is 11.3 Å². The molecular formula is C21H20ClN3O3. The number of hydrogen-bond donors (Lipinski definition) is 1. The lowest BCUT2D eigenvalue weighted by atomic mass is 10.2. The number of hydrogen-bond acceptors (Lipinski definition) is 5. The summed E-state index contributed by atoms with van der Waals surface area (Å²) in [7, 11) is 1.61. The van der Waals surface area contributed by atoms with Crippen LogP contribution in [-0.4, -0.2) is 29.6 Å². The molecule has 0 fully saturated rings. The first-order chi connectivity index (χ1) is 13.5. The van der Waals surface area contributed by atoms with Crippen molar-refractivity contribution in [1.82, 2.24) is 15.3 Å². The number of rotatable bonds is 7. The van der Waals surface area contributed by atoms with Crippen molar-refractivity contribution < 1.29 is 14.3 Å². The first-order valence-electron chi connectivity index (χ1n) is 8.67. The van der Waals surface area contributed by atoms with E-state index in [1.54, 1.807) is 25.3 Å². The Morgan fingerprint density at radius 3 is 2.46 bits per heavy atom. The van der Waals surface area contributed by atoms with Gasteiger partial charge in [-0.15, -0.1) is 0 Å². The summed E-state index contributed by atoms with van der Waals surface area (Å²) < 4.78 is 10.7. The van der Waals surface area contributed by atoms with Gasteiger partial charge in [0.15, 0.2) is 12.4 Å². The number of methoxy groups -OCH3 is 1. The van der Waals surface area contributed by atoms with E-state index in [1.165, 1.54) is 0 Å². The van der Waals surface area contributed by atoms with Crippen molar-refractivity contribution in [2.45, 2.75) is 13.5 Å². The lowest BCUT2D eigenvalue weighted by Crippen LogP contribution is -2.28. The summed E-state index contributed by atoms with van der Waals surface area (Å²) >= 11 is 5.92. The Morgan fingerprint density at radius 2 is 1.79 bits per heavy atom. The molecule has 0 saturated carbocycles. The van der Waals surface area contributed by atoms with E-state index >= 15 is 0 Å². The maximum Gasteiger partial charge on any atom is 0.258 e. The number of halogens is 1. The van der Waals surface area contributed by atoms with E-state index in [4.69, 9.17) is 21.1 Å². The number of carbonyl (C=O) groups is 1. The molecule has 144 valence electrons. The Morgan fingerprint density at radius 1 is 1.07 bits per heavy atom. The molecule has 6 nitrogen and oxygen atoms in total. The van der Waals surface area contributed by atoms with Gasteiger partial charge >= 0.3 is 0 Å². The van der Waals surface area contributed by atoms with Gasteiger partial charge in [-0.3, -0.25) is 4.79 Å². The summed E-state index contributed by atoms with van der Waals surface area (Å²) in [6.07, 6.45) is 0. The standard InChI is InChI=1S/C21H20ClN3O3/c1-14-11-20(25-21(24-14)16-5-7-17(22)8-6-16)28-13-19(26)23-12-15-3-9-18(27-2)10-4-15/h3-11H,12-13H2,1-2H3,(H,23,26). The molecule has 1 aromatic heterocycles. The van der Waals surface area contributed by atoms with Crippen LogP contribution in [0.25, 0.3) is 11.4 Å². The largest absolute Gasteiger partial charge is 0.497 e. The molecule has 0 saturated heterocycles. The van der Waals surface area contributed by atoms with E-state index in [0.29, 0.717) is 23.3 Å². The molecule has 0 unspecified atom stereocenters. The zero-order valence-electron chi connectivity index (χ0n) is 15.6. The van der Waals surface area contributed by atoms with Crippen molar-refractivity contribution in [2.75, 3.05) is 13.7 Å². The van der Waals surface area contributed by atoms with Crippen molar-refractivity contribution in [2.24, 2.45) is 0 Å². The minimum Gasteiger partial charge on any atom is -0.497 e. The Labute approximate surface area is 168 Å². The number of aryl methyl sites for hydroxylation is 1. The van der Waals surface area contributed by atoms with E-state index < -0.39 is 0 Å². The van der Waals surface area contributed by atoms with E-state index in [0.717, 1.165) is 22.6 Å². The Hall–Kier alpha value is -3.12. The highest BCUT2D eigenvalue weighted by atomic mass is 35.5. The second-order valence-electron chi connectivity index (χ2n) is 6.09. The quantitative estimate of drug-likeness (QED) is 0.656. The second kappa shape index (κ2) is 9.19. The van der Waals surface area contributed by atoms with Crippen molar-refractivity contribution in [3.63, 3.8) is 0 Å². The minimum atomic E-state index is -0.236. The van der Waals surface area contributed by atoms with E-state index in [1.807, 2.05) is 43.3 Å². The Kier molecular flexibility index (Phi) is 6.45. The Bertz CT molecular complexity index is 944. The van der Waals surface area contributed by atoms with Crippen LogP contribution in [-0.2, 0) is 11.3 Å². The number of carbonyl (C=O) groups excluding carboxylic acids is 1. The number of nitrogens with zero attached hydrogens (tertiary/aromatic N) is 2. The molecule has 0 radical (unpaired) electrons. The second-order valence-corrected chi connectivity index (χ2v) is 6.53. The van der Waals surface area contributed by atoms with E-state index in [9.17, 15) is 4.79 Å². The highest BCUT2D eigenvalue weighted by Crippen LogP contribution is 2.21. The van der Waals surface area contributed by atoms with Crippen LogP contribution in [0.15, 0.2) is 54.6 Å². The van der Waals surface area contributed by atoms with E-state index in [2.05, 4.69) is 15.3 Å². The summed E-state index contributed by atoms with van der Waals surface area (Å²) in [6.45, 7) is 2.12. The fourth-order valence-corrected chi connectivity index (χ4v) is 2.60. The molecule has 1 amide bonds. The van der Waals surface area contributed by atoms with Gasteiger partial charge in [0.1, 0.15) is 5.75 Å². The monoisotopic (exact) mass is 397 g/mol. The van der Waals surface area contributed by atoms with Crippen LogP contribution >= 0.6 is 11.6 Å².